The Morgan fingerprint density at radius 2 is 2.00 bits per heavy atom. The minimum atomic E-state index is -3.59. The molecule has 0 saturated carbocycles. The maximum Gasteiger partial charge on any atom is 0.256 e. The minimum absolute atomic E-state index is 0.159. The number of hydrogen-bond acceptors (Lipinski definition) is 6. The lowest BCUT2D eigenvalue weighted by Crippen LogP contribution is -2.52. The summed E-state index contributed by atoms with van der Waals surface area (Å²) < 4.78 is 29.8. The molecule has 3 N–H and O–H groups in total. The quantitative estimate of drug-likeness (QED) is 0.775. The van der Waals surface area contributed by atoms with Gasteiger partial charge >= 0.3 is 0 Å². The average Bonchev–Trinajstić information content (AvgIpc) is 2.74. The zero-order valence-electron chi connectivity index (χ0n) is 11.2. The maximum atomic E-state index is 12.3. The van der Waals surface area contributed by atoms with Crippen LogP contribution in [0.3, 0.4) is 0 Å². The number of aryl methyl sites for hydroxylation is 1. The molecule has 0 atom stereocenters. The van der Waals surface area contributed by atoms with Gasteiger partial charge in [0.05, 0.1) is 6.54 Å². The van der Waals surface area contributed by atoms with E-state index in [-0.39, 0.29) is 11.4 Å². The summed E-state index contributed by atoms with van der Waals surface area (Å²) in [6.45, 7) is 4.80. The van der Waals surface area contributed by atoms with Crippen molar-refractivity contribution in [2.75, 3.05) is 33.2 Å². The average molecular weight is 288 g/mol. The Morgan fingerprint density at radius 3 is 2.53 bits per heavy atom. The second-order valence-electron chi connectivity index (χ2n) is 4.72. The smallest absolute Gasteiger partial charge is 0.256 e. The monoisotopic (exact) mass is 288 g/mol. The van der Waals surface area contributed by atoms with Crippen LogP contribution in [0.25, 0.3) is 0 Å². The zero-order chi connectivity index (χ0) is 14.0. The van der Waals surface area contributed by atoms with Crippen LogP contribution in [-0.2, 0) is 16.6 Å². The van der Waals surface area contributed by atoms with Crippen LogP contribution in [0.2, 0.25) is 0 Å². The number of nitrogens with zero attached hydrogens (tertiary/aromatic N) is 2. The molecule has 1 aromatic heterocycles. The molecule has 108 valence electrons. The molecule has 0 aliphatic carbocycles. The molecule has 0 amide bonds. The van der Waals surface area contributed by atoms with E-state index in [1.54, 1.807) is 11.9 Å². The Bertz CT molecular complexity index is 532. The molecule has 1 aromatic rings. The van der Waals surface area contributed by atoms with Crippen LogP contribution in [-0.4, -0.2) is 51.6 Å². The summed E-state index contributed by atoms with van der Waals surface area (Å²) in [4.78, 5) is 4.90. The molecule has 2 heterocycles. The second-order valence-corrected chi connectivity index (χ2v) is 6.35. The molecular weight excluding hydrogens is 268 g/mol. The van der Waals surface area contributed by atoms with E-state index >= 15 is 0 Å². The molecule has 1 fully saturated rings. The van der Waals surface area contributed by atoms with Crippen molar-refractivity contribution in [3.8, 4) is 0 Å². The van der Waals surface area contributed by atoms with Gasteiger partial charge in [-0.15, -0.1) is 4.83 Å². The predicted molar refractivity (Wildman–Crippen MR) is 70.7 cm³/mol. The highest BCUT2D eigenvalue weighted by molar-refractivity contribution is 7.89. The van der Waals surface area contributed by atoms with Gasteiger partial charge in [0.25, 0.3) is 10.0 Å². The summed E-state index contributed by atoms with van der Waals surface area (Å²) in [6.07, 6.45) is 0. The molecule has 7 nitrogen and oxygen atoms in total. The van der Waals surface area contributed by atoms with Gasteiger partial charge in [-0.25, -0.2) is 13.4 Å². The normalized spacial score (nSPS) is 18.9. The summed E-state index contributed by atoms with van der Waals surface area (Å²) in [5, 5.41) is 1.71. The number of piperazine rings is 1. The molecule has 0 bridgehead atoms. The van der Waals surface area contributed by atoms with Gasteiger partial charge in [-0.3, -0.25) is 0 Å². The van der Waals surface area contributed by atoms with Crippen molar-refractivity contribution >= 4 is 10.0 Å². The van der Waals surface area contributed by atoms with Crippen LogP contribution >= 0.6 is 0 Å². The van der Waals surface area contributed by atoms with Crippen LogP contribution in [0.1, 0.15) is 11.5 Å². The fraction of sp³-hybridized carbons (Fsp3) is 0.636. The van der Waals surface area contributed by atoms with Crippen LogP contribution in [0.15, 0.2) is 15.4 Å². The third-order valence-corrected chi connectivity index (χ3v) is 4.65. The van der Waals surface area contributed by atoms with Crippen LogP contribution in [0.4, 0.5) is 0 Å². The molecule has 8 heteroatoms. The molecule has 0 unspecified atom stereocenters. The Hall–Kier alpha value is -0.930. The van der Waals surface area contributed by atoms with E-state index in [4.69, 9.17) is 10.2 Å². The SMILES string of the molecule is Cc1oc(CN)cc1S(=O)(=O)NN1CCN(C)CC1. The van der Waals surface area contributed by atoms with Crippen molar-refractivity contribution in [2.45, 2.75) is 18.4 Å². The van der Waals surface area contributed by atoms with E-state index in [1.807, 2.05) is 7.05 Å². The third kappa shape index (κ3) is 3.34. The van der Waals surface area contributed by atoms with Crippen molar-refractivity contribution in [2.24, 2.45) is 5.73 Å². The fourth-order valence-electron chi connectivity index (χ4n) is 2.01. The number of sulfonamides is 1. The molecular formula is C11H20N4O3S. The molecule has 2 rings (SSSR count). The molecule has 0 aromatic carbocycles. The number of nitrogens with two attached hydrogens (primary N) is 1. The zero-order valence-corrected chi connectivity index (χ0v) is 12.0. The van der Waals surface area contributed by atoms with Gasteiger partial charge in [0, 0.05) is 32.2 Å². The van der Waals surface area contributed by atoms with E-state index in [9.17, 15) is 8.42 Å². The highest BCUT2D eigenvalue weighted by atomic mass is 32.2. The Labute approximate surface area is 113 Å². The number of likely N-dealkylation sites (N-methyl/N-ethyl adjacent to an activating group) is 1. The fourth-order valence-corrected chi connectivity index (χ4v) is 3.34. The summed E-state index contributed by atoms with van der Waals surface area (Å²) in [6, 6.07) is 1.48. The predicted octanol–water partition coefficient (Wildman–Crippen LogP) is -0.513. The summed E-state index contributed by atoms with van der Waals surface area (Å²) in [5.74, 6) is 0.832. The molecule has 0 radical (unpaired) electrons. The van der Waals surface area contributed by atoms with Crippen molar-refractivity contribution in [3.05, 3.63) is 17.6 Å². The summed E-state index contributed by atoms with van der Waals surface area (Å²) in [7, 11) is -1.58. The van der Waals surface area contributed by atoms with E-state index in [0.717, 1.165) is 13.1 Å². The summed E-state index contributed by atoms with van der Waals surface area (Å²) >= 11 is 0. The van der Waals surface area contributed by atoms with Gasteiger partial charge < -0.3 is 15.1 Å². The molecule has 1 aliphatic rings. The Morgan fingerprint density at radius 1 is 1.37 bits per heavy atom. The van der Waals surface area contributed by atoms with Gasteiger partial charge in [-0.2, -0.15) is 0 Å². The lowest BCUT2D eigenvalue weighted by atomic mass is 10.4. The second kappa shape index (κ2) is 5.59. The number of hydrazine groups is 1. The highest BCUT2D eigenvalue weighted by Gasteiger charge is 2.25. The van der Waals surface area contributed by atoms with Gasteiger partial charge in [0.2, 0.25) is 0 Å². The van der Waals surface area contributed by atoms with Gasteiger partial charge in [0.15, 0.2) is 0 Å². The lowest BCUT2D eigenvalue weighted by Gasteiger charge is -2.31. The molecule has 0 spiro atoms. The lowest BCUT2D eigenvalue weighted by molar-refractivity contribution is 0.134. The van der Waals surface area contributed by atoms with Gasteiger partial charge in [0.1, 0.15) is 16.4 Å². The van der Waals surface area contributed by atoms with Crippen LogP contribution in [0.5, 0.6) is 0 Å². The van der Waals surface area contributed by atoms with Crippen LogP contribution in [0, 0.1) is 6.92 Å². The Kier molecular flexibility index (Phi) is 4.26. The van der Waals surface area contributed by atoms with Crippen LogP contribution < -0.4 is 10.6 Å². The van der Waals surface area contributed by atoms with Crippen molar-refractivity contribution < 1.29 is 12.8 Å². The summed E-state index contributed by atoms with van der Waals surface area (Å²) in [5.41, 5.74) is 5.45. The number of furan rings is 1. The van der Waals surface area contributed by atoms with Gasteiger partial charge in [-0.1, -0.05) is 0 Å². The van der Waals surface area contributed by atoms with E-state index in [2.05, 4.69) is 9.73 Å². The van der Waals surface area contributed by atoms with E-state index < -0.39 is 10.0 Å². The van der Waals surface area contributed by atoms with E-state index in [1.165, 1.54) is 6.07 Å². The standard InChI is InChI=1S/C11H20N4O3S/c1-9-11(7-10(8-12)18-9)19(16,17)13-15-5-3-14(2)4-6-15/h7,13H,3-6,8,12H2,1-2H3. The first-order chi connectivity index (χ1) is 8.92. The number of hydrogen-bond donors (Lipinski definition) is 2. The number of rotatable bonds is 4. The van der Waals surface area contributed by atoms with Crippen molar-refractivity contribution in [1.82, 2.24) is 14.7 Å². The molecule has 19 heavy (non-hydrogen) atoms. The van der Waals surface area contributed by atoms with Crippen molar-refractivity contribution in [3.63, 3.8) is 0 Å². The molecule has 1 saturated heterocycles. The van der Waals surface area contributed by atoms with Crippen molar-refractivity contribution in [1.29, 1.82) is 0 Å². The first kappa shape index (κ1) is 14.5. The van der Waals surface area contributed by atoms with E-state index in [0.29, 0.717) is 24.6 Å². The highest BCUT2D eigenvalue weighted by Crippen LogP contribution is 2.19. The van der Waals surface area contributed by atoms with Gasteiger partial charge in [-0.05, 0) is 14.0 Å². The largest absolute Gasteiger partial charge is 0.464 e. The number of nitrogens with one attached hydrogen (secondary N) is 1. The molecule has 1 aliphatic heterocycles. The minimum Gasteiger partial charge on any atom is -0.464 e. The first-order valence-electron chi connectivity index (χ1n) is 6.17. The maximum absolute atomic E-state index is 12.3. The first-order valence-corrected chi connectivity index (χ1v) is 7.66. The Balaban J connectivity index is 2.11. The third-order valence-electron chi connectivity index (χ3n) is 3.17. The topological polar surface area (TPSA) is 91.8 Å².